The highest BCUT2D eigenvalue weighted by Crippen LogP contribution is 2.46. The van der Waals surface area contributed by atoms with E-state index < -0.39 is 0 Å². The van der Waals surface area contributed by atoms with Gasteiger partial charge in [-0.05, 0) is 187 Å². The van der Waals surface area contributed by atoms with Crippen LogP contribution >= 0.6 is 0 Å². The Labute approximate surface area is 366 Å². The summed E-state index contributed by atoms with van der Waals surface area (Å²) >= 11 is 0. The molecule has 1 unspecified atom stereocenters. The monoisotopic (exact) mass is 818 g/mol. The number of anilines is 6. The van der Waals surface area contributed by atoms with E-state index in [1.54, 1.807) is 28.4 Å². The van der Waals surface area contributed by atoms with Gasteiger partial charge in [-0.25, -0.2) is 0 Å². The Kier molecular flexibility index (Phi) is 11.9. The zero-order valence-corrected chi connectivity index (χ0v) is 36.9. The molecule has 0 N–H and O–H groups in total. The summed E-state index contributed by atoms with van der Waals surface area (Å²) in [6, 6.07) is 55.4. The van der Waals surface area contributed by atoms with Gasteiger partial charge < -0.3 is 28.7 Å². The third-order valence-electron chi connectivity index (χ3n) is 11.9. The first-order chi connectivity index (χ1) is 30.1. The fraction of sp³-hybridized carbons (Fsp3) is 0.179. The van der Waals surface area contributed by atoms with Gasteiger partial charge in [0.2, 0.25) is 0 Å². The van der Waals surface area contributed by atoms with Crippen molar-refractivity contribution in [3.05, 3.63) is 203 Å². The van der Waals surface area contributed by atoms with Gasteiger partial charge in [-0.2, -0.15) is 0 Å². The average Bonchev–Trinajstić information content (AvgIpc) is 3.30. The first-order valence-corrected chi connectivity index (χ1v) is 21.0. The second-order valence-electron chi connectivity index (χ2n) is 16.2. The Morgan fingerprint density at radius 1 is 0.435 bits per heavy atom. The maximum absolute atomic E-state index is 5.50. The zero-order valence-electron chi connectivity index (χ0n) is 36.9. The van der Waals surface area contributed by atoms with E-state index in [2.05, 4.69) is 159 Å². The summed E-state index contributed by atoms with van der Waals surface area (Å²) in [5.41, 5.74) is 16.0. The third-order valence-corrected chi connectivity index (χ3v) is 11.9. The molecule has 0 amide bonds. The second-order valence-corrected chi connectivity index (χ2v) is 16.2. The molecule has 0 radical (unpaired) electrons. The molecule has 1 atom stereocenters. The number of methoxy groups -OCH3 is 4. The molecule has 0 aromatic heterocycles. The van der Waals surface area contributed by atoms with Crippen LogP contribution in [0.25, 0.3) is 11.1 Å². The van der Waals surface area contributed by atoms with Crippen molar-refractivity contribution >= 4 is 45.3 Å². The predicted molar refractivity (Wildman–Crippen MR) is 257 cm³/mol. The Morgan fingerprint density at radius 3 is 1.10 bits per heavy atom. The van der Waals surface area contributed by atoms with Crippen LogP contribution in [0.1, 0.15) is 46.7 Å². The van der Waals surface area contributed by atoms with Gasteiger partial charge in [0.25, 0.3) is 0 Å². The van der Waals surface area contributed by atoms with Gasteiger partial charge in [-0.1, -0.05) is 61.0 Å². The number of rotatable bonds is 13. The van der Waals surface area contributed by atoms with Crippen LogP contribution in [0, 0.1) is 20.8 Å². The molecule has 1 aliphatic rings. The molecule has 0 saturated heterocycles. The number of aryl methyl sites for hydroxylation is 3. The largest absolute Gasteiger partial charge is 0.497 e. The van der Waals surface area contributed by atoms with Crippen molar-refractivity contribution in [1.82, 2.24) is 0 Å². The van der Waals surface area contributed by atoms with Crippen molar-refractivity contribution in [3.8, 4) is 23.0 Å². The number of ether oxygens (including phenoxy) is 4. The summed E-state index contributed by atoms with van der Waals surface area (Å²) in [5, 5.41) is 0. The summed E-state index contributed by atoms with van der Waals surface area (Å²) in [6.45, 7) is 9.02. The number of allylic oxidation sites excluding steroid dienone is 4. The summed E-state index contributed by atoms with van der Waals surface area (Å²) in [6.07, 6.45) is 5.74. The summed E-state index contributed by atoms with van der Waals surface area (Å²) in [5.74, 6) is 3.26. The van der Waals surface area contributed by atoms with Crippen LogP contribution in [0.15, 0.2) is 170 Å². The first-order valence-electron chi connectivity index (χ1n) is 21.0. The van der Waals surface area contributed by atoms with Gasteiger partial charge in [0.05, 0.1) is 28.4 Å². The molecular formula is C56H54N2O4. The fourth-order valence-corrected chi connectivity index (χ4v) is 8.86. The number of hydrogen-bond acceptors (Lipinski definition) is 6. The van der Waals surface area contributed by atoms with E-state index in [9.17, 15) is 0 Å². The molecule has 0 bridgehead atoms. The number of hydrogen-bond donors (Lipinski definition) is 0. The fourth-order valence-electron chi connectivity index (χ4n) is 8.86. The molecule has 1 aliphatic carbocycles. The van der Waals surface area contributed by atoms with Gasteiger partial charge in [-0.3, -0.25) is 0 Å². The van der Waals surface area contributed by atoms with E-state index in [-0.39, 0.29) is 5.41 Å². The lowest BCUT2D eigenvalue weighted by Gasteiger charge is -2.34. The molecule has 0 aliphatic heterocycles. The highest BCUT2D eigenvalue weighted by Gasteiger charge is 2.31. The van der Waals surface area contributed by atoms with Crippen molar-refractivity contribution in [1.29, 1.82) is 0 Å². The minimum absolute atomic E-state index is 0.302. The maximum Gasteiger partial charge on any atom is 0.119 e. The van der Waals surface area contributed by atoms with Crippen molar-refractivity contribution in [2.45, 2.75) is 39.5 Å². The van der Waals surface area contributed by atoms with Crippen molar-refractivity contribution < 1.29 is 18.9 Å². The molecule has 62 heavy (non-hydrogen) atoms. The van der Waals surface area contributed by atoms with Crippen molar-refractivity contribution in [3.63, 3.8) is 0 Å². The molecule has 0 fully saturated rings. The molecule has 0 saturated carbocycles. The lowest BCUT2D eigenvalue weighted by Crippen LogP contribution is -2.23. The minimum Gasteiger partial charge on any atom is -0.497 e. The normalized spacial score (nSPS) is 14.6. The molecule has 312 valence electrons. The smallest absolute Gasteiger partial charge is 0.119 e. The van der Waals surface area contributed by atoms with Gasteiger partial charge in [-0.15, -0.1) is 0 Å². The van der Waals surface area contributed by atoms with Crippen molar-refractivity contribution in [2.24, 2.45) is 0 Å². The van der Waals surface area contributed by atoms with E-state index in [0.29, 0.717) is 0 Å². The Morgan fingerprint density at radius 2 is 0.758 bits per heavy atom. The molecule has 6 nitrogen and oxygen atoms in total. The summed E-state index contributed by atoms with van der Waals surface area (Å²) < 4.78 is 22.0. The quantitative estimate of drug-likeness (QED) is 0.115. The van der Waals surface area contributed by atoms with Gasteiger partial charge in [0, 0.05) is 39.5 Å². The van der Waals surface area contributed by atoms with Crippen molar-refractivity contribution in [2.75, 3.05) is 38.2 Å². The lowest BCUT2D eigenvalue weighted by atomic mass is 9.70. The van der Waals surface area contributed by atoms with Crippen LogP contribution < -0.4 is 28.7 Å². The van der Waals surface area contributed by atoms with E-state index >= 15 is 0 Å². The molecule has 7 aromatic carbocycles. The van der Waals surface area contributed by atoms with E-state index in [4.69, 9.17) is 18.9 Å². The van der Waals surface area contributed by atoms with E-state index in [1.165, 1.54) is 44.5 Å². The summed E-state index contributed by atoms with van der Waals surface area (Å²) in [7, 11) is 6.77. The summed E-state index contributed by atoms with van der Waals surface area (Å²) in [4.78, 5) is 4.52. The standard InChI is InChI=1S/C56H54N2O4/c1-38-33-39(2)55(40(3)34-38)43-35-42(41-9-13-45(14-10-41)57(47-17-25-51(59-5)26-18-47)48-19-27-52(60-6)28-20-48)36-56(4,37-43)44-11-15-46(16-12-44)58(49-21-29-53(61-7)30-22-49)50-23-31-54(62-8)32-24-50/h9-35,37H,36H2,1-8H3. The van der Waals surface area contributed by atoms with Gasteiger partial charge in [0.15, 0.2) is 0 Å². The SMILES string of the molecule is COc1ccc(N(c2ccc(OC)cc2)c2ccc(C3=CC(c4c(C)cc(C)cc4C)=CC(C)(c4ccc(N(c5ccc(OC)cc5)c5ccc(OC)cc5)cc4)C3)cc2)cc1. The Balaban J connectivity index is 1.18. The van der Waals surface area contributed by atoms with Crippen LogP contribution in [0.3, 0.4) is 0 Å². The molecular weight excluding hydrogens is 765 g/mol. The number of nitrogens with zero attached hydrogens (tertiary/aromatic N) is 2. The van der Waals surface area contributed by atoms with Gasteiger partial charge in [0.1, 0.15) is 23.0 Å². The van der Waals surface area contributed by atoms with E-state index in [0.717, 1.165) is 63.5 Å². The maximum atomic E-state index is 5.50. The van der Waals surface area contributed by atoms with Crippen LogP contribution in [0.5, 0.6) is 23.0 Å². The molecule has 6 heteroatoms. The van der Waals surface area contributed by atoms with Crippen LogP contribution in [-0.4, -0.2) is 28.4 Å². The molecule has 0 spiro atoms. The van der Waals surface area contributed by atoms with Gasteiger partial charge >= 0.3 is 0 Å². The molecule has 8 rings (SSSR count). The Bertz CT molecular complexity index is 2580. The first kappa shape index (κ1) is 41.5. The van der Waals surface area contributed by atoms with Crippen LogP contribution in [0.2, 0.25) is 0 Å². The van der Waals surface area contributed by atoms with Crippen LogP contribution in [0.4, 0.5) is 34.1 Å². The lowest BCUT2D eigenvalue weighted by molar-refractivity contribution is 0.414. The molecule has 7 aromatic rings. The number of benzene rings is 7. The molecule has 0 heterocycles. The highest BCUT2D eigenvalue weighted by atomic mass is 16.5. The Hall–Kier alpha value is -7.18. The second kappa shape index (κ2) is 17.8. The topological polar surface area (TPSA) is 43.4 Å². The average molecular weight is 819 g/mol. The van der Waals surface area contributed by atoms with Crippen LogP contribution in [-0.2, 0) is 5.41 Å². The third kappa shape index (κ3) is 8.55. The highest BCUT2D eigenvalue weighted by molar-refractivity contribution is 5.90. The zero-order chi connectivity index (χ0) is 43.4. The minimum atomic E-state index is -0.302. The predicted octanol–water partition coefficient (Wildman–Crippen LogP) is 14.4. The van der Waals surface area contributed by atoms with E-state index in [1.807, 2.05) is 48.5 Å².